The number of rotatable bonds is 7. The minimum atomic E-state index is -0.0682. The highest BCUT2D eigenvalue weighted by molar-refractivity contribution is 8.00. The zero-order chi connectivity index (χ0) is 17.5. The zero-order valence-electron chi connectivity index (χ0n) is 13.6. The molecule has 0 radical (unpaired) electrons. The van der Waals surface area contributed by atoms with Crippen LogP contribution < -0.4 is 5.32 Å². The van der Waals surface area contributed by atoms with Crippen molar-refractivity contribution in [3.8, 4) is 0 Å². The molecule has 0 unspecified atom stereocenters. The normalized spacial score (nSPS) is 10.6. The van der Waals surface area contributed by atoms with Crippen molar-refractivity contribution in [2.24, 2.45) is 0 Å². The van der Waals surface area contributed by atoms with Crippen molar-refractivity contribution >= 4 is 45.9 Å². The Kier molecular flexibility index (Phi) is 6.49. The number of thioether (sulfide) groups is 2. The van der Waals surface area contributed by atoms with Crippen LogP contribution in [0.1, 0.15) is 11.1 Å². The summed E-state index contributed by atoms with van der Waals surface area (Å²) in [6, 6.07) is 18.3. The predicted octanol–water partition coefficient (Wildman–Crippen LogP) is 4.87. The van der Waals surface area contributed by atoms with Gasteiger partial charge in [-0.15, -0.1) is 22.0 Å². The third-order valence-electron chi connectivity index (χ3n) is 3.25. The van der Waals surface area contributed by atoms with E-state index in [2.05, 4.69) is 27.6 Å². The summed E-state index contributed by atoms with van der Waals surface area (Å²) in [5.41, 5.74) is 2.45. The Balaban J connectivity index is 1.45. The summed E-state index contributed by atoms with van der Waals surface area (Å²) < 4.78 is 0.852. The fourth-order valence-electron chi connectivity index (χ4n) is 1.98. The molecular formula is C18H17N3OS3. The first-order chi connectivity index (χ1) is 12.2. The van der Waals surface area contributed by atoms with Crippen molar-refractivity contribution in [3.05, 3.63) is 65.7 Å². The lowest BCUT2D eigenvalue weighted by atomic mass is 10.2. The van der Waals surface area contributed by atoms with Gasteiger partial charge in [0.2, 0.25) is 11.0 Å². The molecule has 1 N–H and O–H groups in total. The summed E-state index contributed by atoms with van der Waals surface area (Å²) in [7, 11) is 0. The van der Waals surface area contributed by atoms with Gasteiger partial charge in [0.25, 0.3) is 0 Å². The summed E-state index contributed by atoms with van der Waals surface area (Å²) in [4.78, 5) is 13.1. The number of aromatic nitrogens is 2. The van der Waals surface area contributed by atoms with Crippen LogP contribution >= 0.6 is 34.9 Å². The molecule has 0 aliphatic rings. The van der Waals surface area contributed by atoms with Gasteiger partial charge in [-0.2, -0.15) is 0 Å². The van der Waals surface area contributed by atoms with Crippen LogP contribution in [0.5, 0.6) is 0 Å². The Morgan fingerprint density at radius 3 is 2.56 bits per heavy atom. The lowest BCUT2D eigenvalue weighted by molar-refractivity contribution is -0.113. The van der Waals surface area contributed by atoms with E-state index in [4.69, 9.17) is 0 Å². The molecule has 0 atom stereocenters. The molecule has 0 bridgehead atoms. The van der Waals surface area contributed by atoms with E-state index in [1.807, 2.05) is 49.4 Å². The van der Waals surface area contributed by atoms with Gasteiger partial charge in [-0.1, -0.05) is 71.1 Å². The monoisotopic (exact) mass is 387 g/mol. The summed E-state index contributed by atoms with van der Waals surface area (Å²) in [5.74, 6) is 1.13. The number of amides is 1. The van der Waals surface area contributed by atoms with Crippen molar-refractivity contribution in [3.63, 3.8) is 0 Å². The quantitative estimate of drug-likeness (QED) is 0.463. The maximum absolute atomic E-state index is 12.0. The van der Waals surface area contributed by atoms with E-state index in [1.165, 1.54) is 34.2 Å². The maximum atomic E-state index is 12.0. The van der Waals surface area contributed by atoms with Gasteiger partial charge >= 0.3 is 0 Å². The minimum absolute atomic E-state index is 0.0682. The molecule has 2 aromatic carbocycles. The van der Waals surface area contributed by atoms with Gasteiger partial charge in [-0.25, -0.2) is 0 Å². The van der Waals surface area contributed by atoms with Gasteiger partial charge in [-0.05, 0) is 24.6 Å². The molecule has 7 heteroatoms. The highest BCUT2D eigenvalue weighted by Gasteiger charge is 2.09. The van der Waals surface area contributed by atoms with Crippen molar-refractivity contribution < 1.29 is 4.79 Å². The van der Waals surface area contributed by atoms with Crippen molar-refractivity contribution in [2.45, 2.75) is 21.9 Å². The molecule has 3 aromatic rings. The molecule has 0 saturated heterocycles. The third-order valence-corrected chi connectivity index (χ3v) is 6.30. The van der Waals surface area contributed by atoms with Gasteiger partial charge in [0.05, 0.1) is 5.75 Å². The van der Waals surface area contributed by atoms with Crippen LogP contribution in [-0.2, 0) is 10.5 Å². The Bertz CT molecular complexity index is 819. The molecule has 3 rings (SSSR count). The fourth-order valence-corrected chi connectivity index (χ4v) is 4.40. The van der Waals surface area contributed by atoms with Gasteiger partial charge in [0.15, 0.2) is 4.34 Å². The van der Waals surface area contributed by atoms with E-state index in [0.29, 0.717) is 10.9 Å². The van der Waals surface area contributed by atoms with Gasteiger partial charge in [-0.3, -0.25) is 10.1 Å². The second kappa shape index (κ2) is 9.03. The fraction of sp³-hybridized carbons (Fsp3) is 0.167. The average Bonchev–Trinajstić information content (AvgIpc) is 3.08. The number of benzene rings is 2. The molecule has 128 valence electrons. The molecule has 0 aliphatic carbocycles. The third kappa shape index (κ3) is 5.88. The summed E-state index contributed by atoms with van der Waals surface area (Å²) in [6.07, 6.45) is 0. The second-order valence-electron chi connectivity index (χ2n) is 5.30. The topological polar surface area (TPSA) is 54.9 Å². The van der Waals surface area contributed by atoms with Crippen molar-refractivity contribution in [1.82, 2.24) is 10.2 Å². The number of carbonyl (C=O) groups excluding carboxylic acids is 1. The molecule has 0 aliphatic heterocycles. The number of carbonyl (C=O) groups is 1. The van der Waals surface area contributed by atoms with E-state index in [1.54, 1.807) is 11.8 Å². The van der Waals surface area contributed by atoms with Crippen LogP contribution in [0.15, 0.2) is 63.8 Å². The maximum Gasteiger partial charge on any atom is 0.236 e. The van der Waals surface area contributed by atoms with Crippen molar-refractivity contribution in [1.29, 1.82) is 0 Å². The van der Waals surface area contributed by atoms with Gasteiger partial charge in [0, 0.05) is 10.6 Å². The van der Waals surface area contributed by atoms with E-state index >= 15 is 0 Å². The molecule has 0 spiro atoms. The molecule has 1 heterocycles. The standard InChI is InChI=1S/C18H17N3OS3/c1-13-7-9-15(10-8-13)23-12-16(22)19-17-20-21-18(25-17)24-11-14-5-3-2-4-6-14/h2-10H,11-12H2,1H3,(H,19,20,22). The number of nitrogens with one attached hydrogen (secondary N) is 1. The first kappa shape index (κ1) is 18.0. The number of anilines is 1. The first-order valence-corrected chi connectivity index (χ1v) is 10.5. The highest BCUT2D eigenvalue weighted by atomic mass is 32.2. The summed E-state index contributed by atoms with van der Waals surface area (Å²) in [6.45, 7) is 2.05. The number of nitrogens with zero attached hydrogens (tertiary/aromatic N) is 2. The SMILES string of the molecule is Cc1ccc(SCC(=O)Nc2nnc(SCc3ccccc3)s2)cc1. The van der Waals surface area contributed by atoms with E-state index in [9.17, 15) is 4.79 Å². The molecule has 25 heavy (non-hydrogen) atoms. The Morgan fingerprint density at radius 2 is 1.80 bits per heavy atom. The summed E-state index contributed by atoms with van der Waals surface area (Å²) in [5, 5.41) is 11.5. The smallest absolute Gasteiger partial charge is 0.236 e. The molecule has 1 amide bonds. The Morgan fingerprint density at radius 1 is 1.04 bits per heavy atom. The average molecular weight is 388 g/mol. The second-order valence-corrected chi connectivity index (χ2v) is 8.55. The molecule has 4 nitrogen and oxygen atoms in total. The number of hydrogen-bond donors (Lipinski definition) is 1. The predicted molar refractivity (Wildman–Crippen MR) is 106 cm³/mol. The minimum Gasteiger partial charge on any atom is -0.300 e. The molecule has 0 saturated carbocycles. The van der Waals surface area contributed by atoms with Crippen LogP contribution in [0.3, 0.4) is 0 Å². The highest BCUT2D eigenvalue weighted by Crippen LogP contribution is 2.28. The van der Waals surface area contributed by atoms with Crippen LogP contribution in [-0.4, -0.2) is 21.9 Å². The number of hydrogen-bond acceptors (Lipinski definition) is 6. The van der Waals surface area contributed by atoms with Crippen molar-refractivity contribution in [2.75, 3.05) is 11.1 Å². The molecular weight excluding hydrogens is 370 g/mol. The first-order valence-electron chi connectivity index (χ1n) is 7.68. The lowest BCUT2D eigenvalue weighted by Crippen LogP contribution is -2.13. The lowest BCUT2D eigenvalue weighted by Gasteiger charge is -2.02. The van der Waals surface area contributed by atoms with Crippen LogP contribution in [0.2, 0.25) is 0 Å². The molecule has 0 fully saturated rings. The van der Waals surface area contributed by atoms with E-state index < -0.39 is 0 Å². The Labute approximate surface area is 159 Å². The molecule has 1 aromatic heterocycles. The van der Waals surface area contributed by atoms with Crippen LogP contribution in [0, 0.1) is 6.92 Å². The summed E-state index contributed by atoms with van der Waals surface area (Å²) >= 11 is 4.54. The zero-order valence-corrected chi connectivity index (χ0v) is 16.1. The largest absolute Gasteiger partial charge is 0.300 e. The van der Waals surface area contributed by atoms with E-state index in [-0.39, 0.29) is 5.91 Å². The number of aryl methyl sites for hydroxylation is 1. The van der Waals surface area contributed by atoms with Gasteiger partial charge < -0.3 is 0 Å². The van der Waals surface area contributed by atoms with Crippen LogP contribution in [0.4, 0.5) is 5.13 Å². The van der Waals surface area contributed by atoms with Crippen LogP contribution in [0.25, 0.3) is 0 Å². The van der Waals surface area contributed by atoms with Gasteiger partial charge in [0.1, 0.15) is 0 Å². The Hall–Kier alpha value is -1.83. The van der Waals surface area contributed by atoms with E-state index in [0.717, 1.165) is 15.0 Å².